The van der Waals surface area contributed by atoms with Crippen LogP contribution in [0.2, 0.25) is 0 Å². The van der Waals surface area contributed by atoms with Crippen LogP contribution in [0, 0.1) is 6.92 Å². The highest BCUT2D eigenvalue weighted by molar-refractivity contribution is 6.02. The van der Waals surface area contributed by atoms with Gasteiger partial charge in [0.1, 0.15) is 12.4 Å². The van der Waals surface area contributed by atoms with Crippen LogP contribution in [0.1, 0.15) is 34.0 Å². The summed E-state index contributed by atoms with van der Waals surface area (Å²) in [6.07, 6.45) is 3.81. The molecule has 0 unspecified atom stereocenters. The van der Waals surface area contributed by atoms with Crippen molar-refractivity contribution in [3.05, 3.63) is 120 Å². The lowest BCUT2D eigenvalue weighted by Gasteiger charge is -2.10. The fraction of sp³-hybridized carbons (Fsp3) is 0.111. The van der Waals surface area contributed by atoms with E-state index in [4.69, 9.17) is 4.74 Å². The van der Waals surface area contributed by atoms with Gasteiger partial charge in [0.2, 0.25) is 0 Å². The van der Waals surface area contributed by atoms with Crippen LogP contribution in [-0.2, 0) is 6.61 Å². The summed E-state index contributed by atoms with van der Waals surface area (Å²) in [4.78, 5) is 12.7. The first-order valence-corrected chi connectivity index (χ1v) is 10.5. The number of nitrogens with one attached hydrogen (secondary N) is 1. The fourth-order valence-electron chi connectivity index (χ4n) is 3.37. The van der Waals surface area contributed by atoms with E-state index >= 15 is 0 Å². The number of nitrogens with zero attached hydrogens (tertiary/aromatic N) is 2. The van der Waals surface area contributed by atoms with Crippen molar-refractivity contribution in [3.8, 4) is 11.4 Å². The van der Waals surface area contributed by atoms with Crippen LogP contribution in [0.5, 0.6) is 5.75 Å². The number of amides is 1. The molecule has 0 saturated heterocycles. The summed E-state index contributed by atoms with van der Waals surface area (Å²) in [6.45, 7) is 4.46. The number of carbonyl (C=O) groups excluding carboxylic acids is 1. The second kappa shape index (κ2) is 9.79. The molecular formula is C27H25N3O2. The Hall–Kier alpha value is -4.12. The Morgan fingerprint density at radius 2 is 1.59 bits per heavy atom. The molecule has 5 heteroatoms. The van der Waals surface area contributed by atoms with E-state index < -0.39 is 0 Å². The van der Waals surface area contributed by atoms with Crippen molar-refractivity contribution in [2.24, 2.45) is 5.10 Å². The van der Waals surface area contributed by atoms with Crippen molar-refractivity contribution in [2.45, 2.75) is 20.5 Å². The molecule has 1 heterocycles. The van der Waals surface area contributed by atoms with Gasteiger partial charge in [0.05, 0.1) is 17.0 Å². The number of hydrogen-bond donors (Lipinski definition) is 1. The number of aryl methyl sites for hydroxylation is 1. The maximum absolute atomic E-state index is 12.7. The zero-order valence-corrected chi connectivity index (χ0v) is 18.2. The van der Waals surface area contributed by atoms with Gasteiger partial charge in [-0.25, -0.2) is 5.43 Å². The minimum absolute atomic E-state index is 0.258. The Morgan fingerprint density at radius 3 is 2.34 bits per heavy atom. The summed E-state index contributed by atoms with van der Waals surface area (Å²) in [5.74, 6) is 0.529. The lowest BCUT2D eigenvalue weighted by atomic mass is 10.1. The monoisotopic (exact) mass is 423 g/mol. The van der Waals surface area contributed by atoms with E-state index in [9.17, 15) is 4.79 Å². The summed E-state index contributed by atoms with van der Waals surface area (Å²) in [5, 5.41) is 4.30. The van der Waals surface area contributed by atoms with E-state index in [1.807, 2.05) is 90.6 Å². The number of para-hydroxylation sites is 1. The Kier molecular flexibility index (Phi) is 6.46. The lowest BCUT2D eigenvalue weighted by Crippen LogP contribution is -2.21. The highest BCUT2D eigenvalue weighted by Gasteiger charge is 2.11. The summed E-state index contributed by atoms with van der Waals surface area (Å²) < 4.78 is 7.80. The summed E-state index contributed by atoms with van der Waals surface area (Å²) in [5.41, 5.74) is 8.02. The quantitative estimate of drug-likeness (QED) is 0.314. The number of hydrogen-bond acceptors (Lipinski definition) is 3. The predicted molar refractivity (Wildman–Crippen MR) is 127 cm³/mol. The van der Waals surface area contributed by atoms with Crippen molar-refractivity contribution in [1.29, 1.82) is 0 Å². The lowest BCUT2D eigenvalue weighted by molar-refractivity contribution is 0.0955. The number of hydrazone groups is 1. The third kappa shape index (κ3) is 4.95. The molecule has 0 fully saturated rings. The highest BCUT2D eigenvalue weighted by atomic mass is 16.5. The van der Waals surface area contributed by atoms with E-state index in [0.717, 1.165) is 22.6 Å². The van der Waals surface area contributed by atoms with E-state index in [2.05, 4.69) is 29.6 Å². The maximum Gasteiger partial charge on any atom is 0.273 e. The molecule has 0 aliphatic heterocycles. The molecule has 0 bridgehead atoms. The molecule has 0 aliphatic rings. The molecule has 4 aromatic rings. The van der Waals surface area contributed by atoms with Crippen LogP contribution in [0.4, 0.5) is 0 Å². The molecule has 160 valence electrons. The number of rotatable bonds is 7. The van der Waals surface area contributed by atoms with Gasteiger partial charge in [0, 0.05) is 12.4 Å². The second-order valence-corrected chi connectivity index (χ2v) is 7.49. The van der Waals surface area contributed by atoms with Gasteiger partial charge in [-0.2, -0.15) is 5.10 Å². The first-order valence-electron chi connectivity index (χ1n) is 10.5. The van der Waals surface area contributed by atoms with Gasteiger partial charge < -0.3 is 9.30 Å². The van der Waals surface area contributed by atoms with Crippen molar-refractivity contribution >= 4 is 11.6 Å². The van der Waals surface area contributed by atoms with Gasteiger partial charge >= 0.3 is 0 Å². The second-order valence-electron chi connectivity index (χ2n) is 7.49. The van der Waals surface area contributed by atoms with Crippen molar-refractivity contribution in [3.63, 3.8) is 0 Å². The summed E-state index contributed by atoms with van der Waals surface area (Å²) in [7, 11) is 0. The van der Waals surface area contributed by atoms with Crippen LogP contribution in [0.3, 0.4) is 0 Å². The van der Waals surface area contributed by atoms with E-state index in [1.54, 1.807) is 6.07 Å². The largest absolute Gasteiger partial charge is 0.489 e. The zero-order chi connectivity index (χ0) is 22.3. The van der Waals surface area contributed by atoms with Crippen LogP contribution < -0.4 is 10.2 Å². The Bertz CT molecular complexity index is 1230. The van der Waals surface area contributed by atoms with Gasteiger partial charge in [-0.15, -0.1) is 0 Å². The SMILES string of the molecule is C/C(=N\NC(=O)c1ccccc1-n1cccc1)c1ccc(OCc2ccccc2C)cc1. The normalized spacial score (nSPS) is 11.2. The Morgan fingerprint density at radius 1 is 0.906 bits per heavy atom. The van der Waals surface area contributed by atoms with Crippen LogP contribution >= 0.6 is 0 Å². The average molecular weight is 424 g/mol. The molecule has 1 N–H and O–H groups in total. The van der Waals surface area contributed by atoms with Crippen LogP contribution in [0.15, 0.2) is 102 Å². The summed E-state index contributed by atoms with van der Waals surface area (Å²) in [6, 6.07) is 27.2. The predicted octanol–water partition coefficient (Wildman–Crippen LogP) is 5.52. The minimum Gasteiger partial charge on any atom is -0.489 e. The Balaban J connectivity index is 1.40. The smallest absolute Gasteiger partial charge is 0.273 e. The average Bonchev–Trinajstić information content (AvgIpc) is 3.37. The molecule has 4 rings (SSSR count). The first-order chi connectivity index (χ1) is 15.6. The number of ether oxygens (including phenoxy) is 1. The highest BCUT2D eigenvalue weighted by Crippen LogP contribution is 2.17. The van der Waals surface area contributed by atoms with E-state index in [1.165, 1.54) is 5.56 Å². The van der Waals surface area contributed by atoms with E-state index in [0.29, 0.717) is 17.9 Å². The minimum atomic E-state index is -0.258. The van der Waals surface area contributed by atoms with Crippen molar-refractivity contribution < 1.29 is 9.53 Å². The molecule has 0 saturated carbocycles. The number of benzene rings is 3. The van der Waals surface area contributed by atoms with Crippen LogP contribution in [0.25, 0.3) is 5.69 Å². The van der Waals surface area contributed by atoms with E-state index in [-0.39, 0.29) is 5.91 Å². The number of carbonyl (C=O) groups is 1. The molecular weight excluding hydrogens is 398 g/mol. The third-order valence-corrected chi connectivity index (χ3v) is 5.28. The van der Waals surface area contributed by atoms with Crippen molar-refractivity contribution in [1.82, 2.24) is 9.99 Å². The molecule has 1 amide bonds. The molecule has 3 aromatic carbocycles. The van der Waals surface area contributed by atoms with Gasteiger partial charge in [-0.05, 0) is 79.1 Å². The van der Waals surface area contributed by atoms with Gasteiger partial charge in [0.25, 0.3) is 5.91 Å². The molecule has 0 aliphatic carbocycles. The Labute approximate surface area is 188 Å². The molecule has 32 heavy (non-hydrogen) atoms. The molecule has 0 radical (unpaired) electrons. The maximum atomic E-state index is 12.7. The third-order valence-electron chi connectivity index (χ3n) is 5.28. The van der Waals surface area contributed by atoms with Crippen LogP contribution in [-0.4, -0.2) is 16.2 Å². The zero-order valence-electron chi connectivity index (χ0n) is 18.2. The standard InChI is InChI=1S/C27H25N3O2/c1-20-9-3-4-10-23(20)19-32-24-15-13-22(14-16-24)21(2)28-29-27(31)25-11-5-6-12-26(25)30-17-7-8-18-30/h3-18H,19H2,1-2H3,(H,29,31)/b28-21+. The summed E-state index contributed by atoms with van der Waals surface area (Å²) >= 11 is 0. The molecule has 1 aromatic heterocycles. The topological polar surface area (TPSA) is 55.6 Å². The van der Waals surface area contributed by atoms with Gasteiger partial charge in [-0.3, -0.25) is 4.79 Å². The number of aromatic nitrogens is 1. The fourth-order valence-corrected chi connectivity index (χ4v) is 3.37. The molecule has 0 spiro atoms. The first kappa shape index (κ1) is 21.1. The molecule has 0 atom stereocenters. The van der Waals surface area contributed by atoms with Gasteiger partial charge in [-0.1, -0.05) is 36.4 Å². The van der Waals surface area contributed by atoms with Gasteiger partial charge in [0.15, 0.2) is 0 Å². The molecule has 5 nitrogen and oxygen atoms in total. The van der Waals surface area contributed by atoms with Crippen molar-refractivity contribution in [2.75, 3.05) is 0 Å².